The molecule has 4 aromatic rings. The minimum absolute atomic E-state index is 0.186. The molecule has 0 fully saturated rings. The second kappa shape index (κ2) is 7.34. The summed E-state index contributed by atoms with van der Waals surface area (Å²) >= 11 is 7.20. The van der Waals surface area contributed by atoms with Crippen molar-refractivity contribution >= 4 is 34.0 Å². The largest absolute Gasteiger partial charge is 0.490 e. The lowest BCUT2D eigenvalue weighted by molar-refractivity contribution is 0.363. The molecule has 2 aromatic carbocycles. The third-order valence-electron chi connectivity index (χ3n) is 3.83. The van der Waals surface area contributed by atoms with Crippen molar-refractivity contribution in [3.63, 3.8) is 0 Å². The highest BCUT2D eigenvalue weighted by Gasteiger charge is 2.12. The lowest BCUT2D eigenvalue weighted by Gasteiger charge is -2.02. The van der Waals surface area contributed by atoms with Crippen LogP contribution in [0.5, 0.6) is 5.75 Å². The van der Waals surface area contributed by atoms with Gasteiger partial charge in [0.1, 0.15) is 12.4 Å². The van der Waals surface area contributed by atoms with E-state index in [9.17, 15) is 4.79 Å². The number of thiazole rings is 1. The van der Waals surface area contributed by atoms with Gasteiger partial charge in [0.2, 0.25) is 4.96 Å². The Balaban J connectivity index is 1.67. The Bertz CT molecular complexity index is 1210. The first-order valence-electron chi connectivity index (χ1n) is 8.15. The smallest absolute Gasteiger partial charge is 0.291 e. The van der Waals surface area contributed by atoms with Gasteiger partial charge in [-0.2, -0.15) is 9.50 Å². The van der Waals surface area contributed by atoms with Gasteiger partial charge in [-0.3, -0.25) is 4.79 Å². The Morgan fingerprint density at radius 3 is 2.56 bits per heavy atom. The van der Waals surface area contributed by atoms with Crippen LogP contribution in [0.1, 0.15) is 5.56 Å². The molecule has 0 aliphatic rings. The molecule has 0 atom stereocenters. The van der Waals surface area contributed by atoms with Crippen LogP contribution in [0.3, 0.4) is 0 Å². The lowest BCUT2D eigenvalue weighted by Crippen LogP contribution is -2.23. The van der Waals surface area contributed by atoms with Crippen molar-refractivity contribution in [2.75, 3.05) is 6.61 Å². The molecule has 0 amide bonds. The molecule has 5 nitrogen and oxygen atoms in total. The SMILES string of the molecule is C=CCOc1ccc(-c2nc3s/c(=C\c4ccc(Cl)cc4)c(=O)n3n2)cc1. The van der Waals surface area contributed by atoms with E-state index in [0.717, 1.165) is 16.9 Å². The molecule has 2 aromatic heterocycles. The fourth-order valence-corrected chi connectivity index (χ4v) is 3.56. The van der Waals surface area contributed by atoms with Crippen LogP contribution in [0.25, 0.3) is 22.4 Å². The van der Waals surface area contributed by atoms with Gasteiger partial charge in [0.15, 0.2) is 5.82 Å². The summed E-state index contributed by atoms with van der Waals surface area (Å²) in [5.41, 5.74) is 1.53. The molecule has 0 saturated heterocycles. The van der Waals surface area contributed by atoms with Crippen molar-refractivity contribution < 1.29 is 4.74 Å². The average Bonchev–Trinajstić information content (AvgIpc) is 3.22. The van der Waals surface area contributed by atoms with Crippen LogP contribution in [0.15, 0.2) is 66.0 Å². The van der Waals surface area contributed by atoms with Gasteiger partial charge >= 0.3 is 0 Å². The van der Waals surface area contributed by atoms with Crippen LogP contribution in [0, 0.1) is 0 Å². The highest BCUT2D eigenvalue weighted by molar-refractivity contribution is 7.15. The highest BCUT2D eigenvalue weighted by Crippen LogP contribution is 2.20. The number of hydrogen-bond acceptors (Lipinski definition) is 5. The third-order valence-corrected chi connectivity index (χ3v) is 5.04. The predicted molar refractivity (Wildman–Crippen MR) is 108 cm³/mol. The molecule has 7 heteroatoms. The molecule has 0 unspecified atom stereocenters. The average molecular weight is 396 g/mol. The van der Waals surface area contributed by atoms with Crippen molar-refractivity contribution in [3.8, 4) is 17.1 Å². The van der Waals surface area contributed by atoms with E-state index in [4.69, 9.17) is 16.3 Å². The molecule has 0 aliphatic heterocycles. The summed E-state index contributed by atoms with van der Waals surface area (Å²) < 4.78 is 7.38. The molecule has 0 bridgehead atoms. The van der Waals surface area contributed by atoms with Crippen molar-refractivity contribution in [1.82, 2.24) is 14.6 Å². The summed E-state index contributed by atoms with van der Waals surface area (Å²) in [5, 5.41) is 5.01. The standard InChI is InChI=1S/C20H14ClN3O2S/c1-2-11-26-16-9-5-14(6-10-16)18-22-20-24(23-18)19(25)17(27-20)12-13-3-7-15(21)8-4-13/h2-10,12H,1,11H2/b17-12-. The summed E-state index contributed by atoms with van der Waals surface area (Å²) in [4.78, 5) is 17.6. The van der Waals surface area contributed by atoms with Gasteiger partial charge in [0.05, 0.1) is 4.53 Å². The Morgan fingerprint density at radius 1 is 1.15 bits per heavy atom. The number of aromatic nitrogens is 3. The van der Waals surface area contributed by atoms with Crippen molar-refractivity contribution in [2.24, 2.45) is 0 Å². The Kier molecular flexibility index (Phi) is 4.75. The Labute approximate surface area is 163 Å². The fourth-order valence-electron chi connectivity index (χ4n) is 2.52. The second-order valence-corrected chi connectivity index (χ2v) is 7.17. The number of nitrogens with zero attached hydrogens (tertiary/aromatic N) is 3. The van der Waals surface area contributed by atoms with E-state index in [0.29, 0.717) is 26.9 Å². The Morgan fingerprint density at radius 2 is 1.89 bits per heavy atom. The van der Waals surface area contributed by atoms with E-state index in [1.807, 2.05) is 42.5 Å². The molecule has 0 saturated carbocycles. The van der Waals surface area contributed by atoms with Crippen molar-refractivity contribution in [2.45, 2.75) is 0 Å². The predicted octanol–water partition coefficient (Wildman–Crippen LogP) is 3.58. The number of fused-ring (bicyclic) bond motifs is 1. The summed E-state index contributed by atoms with van der Waals surface area (Å²) in [7, 11) is 0. The molecule has 0 N–H and O–H groups in total. The first kappa shape index (κ1) is 17.5. The van der Waals surface area contributed by atoms with E-state index in [1.165, 1.54) is 15.9 Å². The Hall–Kier alpha value is -2.96. The van der Waals surface area contributed by atoms with E-state index >= 15 is 0 Å². The van der Waals surface area contributed by atoms with E-state index in [1.54, 1.807) is 18.2 Å². The second-order valence-electron chi connectivity index (χ2n) is 5.72. The van der Waals surface area contributed by atoms with Crippen LogP contribution in [-0.4, -0.2) is 21.2 Å². The van der Waals surface area contributed by atoms with E-state index in [2.05, 4.69) is 16.7 Å². The monoisotopic (exact) mass is 395 g/mol. The zero-order valence-electron chi connectivity index (χ0n) is 14.1. The first-order valence-corrected chi connectivity index (χ1v) is 9.34. The lowest BCUT2D eigenvalue weighted by atomic mass is 10.2. The van der Waals surface area contributed by atoms with E-state index in [-0.39, 0.29) is 5.56 Å². The van der Waals surface area contributed by atoms with Crippen molar-refractivity contribution in [3.05, 3.63) is 86.7 Å². The summed E-state index contributed by atoms with van der Waals surface area (Å²) in [6.07, 6.45) is 3.50. The summed E-state index contributed by atoms with van der Waals surface area (Å²) in [5.74, 6) is 1.25. The number of rotatable bonds is 5. The van der Waals surface area contributed by atoms with Gasteiger partial charge < -0.3 is 4.74 Å². The van der Waals surface area contributed by atoms with Crippen LogP contribution in [0.2, 0.25) is 5.02 Å². The van der Waals surface area contributed by atoms with Crippen LogP contribution in [-0.2, 0) is 0 Å². The fraction of sp³-hybridized carbons (Fsp3) is 0.0500. The maximum Gasteiger partial charge on any atom is 0.291 e. The van der Waals surface area contributed by atoms with Gasteiger partial charge in [0.25, 0.3) is 5.56 Å². The van der Waals surface area contributed by atoms with Crippen LogP contribution >= 0.6 is 22.9 Å². The maximum absolute atomic E-state index is 12.6. The van der Waals surface area contributed by atoms with Gasteiger partial charge in [-0.05, 0) is 48.0 Å². The van der Waals surface area contributed by atoms with Gasteiger partial charge in [-0.25, -0.2) is 0 Å². The third kappa shape index (κ3) is 3.63. The van der Waals surface area contributed by atoms with Crippen molar-refractivity contribution in [1.29, 1.82) is 0 Å². The van der Waals surface area contributed by atoms with Gasteiger partial charge in [-0.1, -0.05) is 47.7 Å². The van der Waals surface area contributed by atoms with Crippen LogP contribution < -0.4 is 14.8 Å². The first-order chi connectivity index (χ1) is 13.1. The van der Waals surface area contributed by atoms with E-state index < -0.39 is 0 Å². The molecule has 27 heavy (non-hydrogen) atoms. The topological polar surface area (TPSA) is 56.5 Å². The minimum atomic E-state index is -0.186. The molecule has 0 spiro atoms. The summed E-state index contributed by atoms with van der Waals surface area (Å²) in [6, 6.07) is 14.7. The highest BCUT2D eigenvalue weighted by atomic mass is 35.5. The number of halogens is 1. The quantitative estimate of drug-likeness (QED) is 0.485. The van der Waals surface area contributed by atoms with Crippen LogP contribution in [0.4, 0.5) is 0 Å². The molecular formula is C20H14ClN3O2S. The molecule has 0 aliphatic carbocycles. The number of hydrogen-bond donors (Lipinski definition) is 0. The zero-order chi connectivity index (χ0) is 18.8. The molecule has 134 valence electrons. The normalized spacial score (nSPS) is 11.8. The molecular weight excluding hydrogens is 382 g/mol. The molecule has 4 rings (SSSR count). The number of benzene rings is 2. The summed E-state index contributed by atoms with van der Waals surface area (Å²) in [6.45, 7) is 4.07. The van der Waals surface area contributed by atoms with Gasteiger partial charge in [0, 0.05) is 10.6 Å². The number of ether oxygens (including phenoxy) is 1. The van der Waals surface area contributed by atoms with Gasteiger partial charge in [-0.15, -0.1) is 5.10 Å². The molecule has 2 heterocycles. The maximum atomic E-state index is 12.6. The zero-order valence-corrected chi connectivity index (χ0v) is 15.7. The molecule has 0 radical (unpaired) electrons. The minimum Gasteiger partial charge on any atom is -0.490 e.